The Balaban J connectivity index is 2.05. The number of rotatable bonds is 2. The summed E-state index contributed by atoms with van der Waals surface area (Å²) in [6.07, 6.45) is 2.55. The van der Waals surface area contributed by atoms with Crippen LogP contribution in [0.25, 0.3) is 11.0 Å². The Labute approximate surface area is 114 Å². The van der Waals surface area contributed by atoms with Crippen molar-refractivity contribution >= 4 is 16.7 Å². The first-order valence-corrected chi connectivity index (χ1v) is 6.63. The van der Waals surface area contributed by atoms with Gasteiger partial charge in [-0.1, -0.05) is 0 Å². The summed E-state index contributed by atoms with van der Waals surface area (Å²) in [6, 6.07) is 4.44. The van der Waals surface area contributed by atoms with Crippen molar-refractivity contribution in [2.75, 3.05) is 0 Å². The van der Waals surface area contributed by atoms with E-state index in [4.69, 9.17) is 0 Å². The van der Waals surface area contributed by atoms with Crippen molar-refractivity contribution in [2.45, 2.75) is 37.8 Å². The maximum absolute atomic E-state index is 12.1. The molecule has 0 spiro atoms. The van der Waals surface area contributed by atoms with Gasteiger partial charge in [0.15, 0.2) is 0 Å². The molecular formula is C13H15N3O4. The minimum atomic E-state index is -0.480. The summed E-state index contributed by atoms with van der Waals surface area (Å²) in [7, 11) is 0. The van der Waals surface area contributed by atoms with Gasteiger partial charge in [0.05, 0.1) is 22.1 Å². The van der Waals surface area contributed by atoms with Crippen LogP contribution >= 0.6 is 0 Å². The summed E-state index contributed by atoms with van der Waals surface area (Å²) in [6.45, 7) is 0. The van der Waals surface area contributed by atoms with Gasteiger partial charge in [0.25, 0.3) is 5.69 Å². The molecule has 0 radical (unpaired) electrons. The molecule has 1 aromatic carbocycles. The van der Waals surface area contributed by atoms with Gasteiger partial charge in [-0.05, 0) is 31.7 Å². The molecule has 1 aromatic heterocycles. The Kier molecular flexibility index (Phi) is 3.06. The summed E-state index contributed by atoms with van der Waals surface area (Å²) in [5.41, 5.74) is 0.879. The number of hydrogen-bond donors (Lipinski definition) is 2. The van der Waals surface area contributed by atoms with Crippen molar-refractivity contribution in [1.29, 1.82) is 0 Å². The second kappa shape index (κ2) is 4.75. The van der Waals surface area contributed by atoms with Gasteiger partial charge in [-0.25, -0.2) is 4.79 Å². The maximum Gasteiger partial charge on any atom is 0.326 e. The molecule has 1 saturated carbocycles. The number of aromatic amines is 1. The first kappa shape index (κ1) is 12.9. The van der Waals surface area contributed by atoms with Crippen molar-refractivity contribution in [3.05, 3.63) is 38.8 Å². The molecule has 0 saturated heterocycles. The second-order valence-electron chi connectivity index (χ2n) is 5.22. The molecule has 106 valence electrons. The minimum Gasteiger partial charge on any atom is -0.393 e. The minimum absolute atomic E-state index is 0.0371. The molecule has 7 heteroatoms. The van der Waals surface area contributed by atoms with E-state index < -0.39 is 4.92 Å². The molecular weight excluding hydrogens is 262 g/mol. The number of nitro benzene ring substituents is 1. The van der Waals surface area contributed by atoms with Crippen LogP contribution in [0.3, 0.4) is 0 Å². The van der Waals surface area contributed by atoms with E-state index in [0.717, 1.165) is 12.8 Å². The number of nitro groups is 1. The Bertz CT molecular complexity index is 710. The average Bonchev–Trinajstić information content (AvgIpc) is 2.74. The zero-order valence-electron chi connectivity index (χ0n) is 10.8. The monoisotopic (exact) mass is 277 g/mol. The van der Waals surface area contributed by atoms with Crippen molar-refractivity contribution < 1.29 is 10.0 Å². The van der Waals surface area contributed by atoms with Gasteiger partial charge < -0.3 is 10.1 Å². The second-order valence-corrected chi connectivity index (χ2v) is 5.22. The lowest BCUT2D eigenvalue weighted by Crippen LogP contribution is -2.27. The van der Waals surface area contributed by atoms with Crippen molar-refractivity contribution in [2.24, 2.45) is 0 Å². The predicted molar refractivity (Wildman–Crippen MR) is 72.7 cm³/mol. The molecule has 1 heterocycles. The van der Waals surface area contributed by atoms with E-state index in [1.807, 2.05) is 0 Å². The molecule has 0 bridgehead atoms. The first-order valence-electron chi connectivity index (χ1n) is 6.63. The highest BCUT2D eigenvalue weighted by molar-refractivity contribution is 5.78. The van der Waals surface area contributed by atoms with E-state index in [9.17, 15) is 20.0 Å². The first-order chi connectivity index (χ1) is 9.56. The van der Waals surface area contributed by atoms with Crippen LogP contribution in [-0.2, 0) is 0 Å². The number of aromatic nitrogens is 2. The zero-order valence-corrected chi connectivity index (χ0v) is 10.8. The molecule has 2 aromatic rings. The highest BCUT2D eigenvalue weighted by atomic mass is 16.6. The largest absolute Gasteiger partial charge is 0.393 e. The zero-order chi connectivity index (χ0) is 14.3. The molecule has 0 atom stereocenters. The third kappa shape index (κ3) is 2.09. The number of nitrogens with one attached hydrogen (secondary N) is 1. The third-order valence-corrected chi connectivity index (χ3v) is 3.94. The number of aliphatic hydroxyl groups excluding tert-OH is 1. The molecule has 1 aliphatic rings. The lowest BCUT2D eigenvalue weighted by Gasteiger charge is -2.26. The van der Waals surface area contributed by atoms with E-state index in [-0.39, 0.29) is 23.5 Å². The molecule has 0 amide bonds. The SMILES string of the molecule is O=c1[nH]c2cc([N+](=O)[O-])ccc2n1[C@H]1CC[C@H](O)CC1. The van der Waals surface area contributed by atoms with Crippen LogP contribution in [0.1, 0.15) is 31.7 Å². The molecule has 3 rings (SSSR count). The summed E-state index contributed by atoms with van der Waals surface area (Å²) < 4.78 is 1.66. The maximum atomic E-state index is 12.1. The van der Waals surface area contributed by atoms with Crippen molar-refractivity contribution in [3.63, 3.8) is 0 Å². The highest BCUT2D eigenvalue weighted by Crippen LogP contribution is 2.30. The smallest absolute Gasteiger partial charge is 0.326 e. The molecule has 0 aliphatic heterocycles. The number of imidazole rings is 1. The molecule has 1 aliphatic carbocycles. The van der Waals surface area contributed by atoms with Crippen LogP contribution < -0.4 is 5.69 Å². The van der Waals surface area contributed by atoms with Gasteiger partial charge >= 0.3 is 5.69 Å². The fourth-order valence-corrected chi connectivity index (χ4v) is 2.91. The van der Waals surface area contributed by atoms with Crippen LogP contribution in [0.5, 0.6) is 0 Å². The number of benzene rings is 1. The van der Waals surface area contributed by atoms with E-state index >= 15 is 0 Å². The number of H-pyrrole nitrogens is 1. The Morgan fingerprint density at radius 2 is 2.00 bits per heavy atom. The predicted octanol–water partition coefficient (Wildman–Crippen LogP) is 1.71. The van der Waals surface area contributed by atoms with Gasteiger partial charge in [-0.15, -0.1) is 0 Å². The molecule has 20 heavy (non-hydrogen) atoms. The normalized spacial score (nSPS) is 23.1. The number of nitrogens with zero attached hydrogens (tertiary/aromatic N) is 2. The standard InChI is InChI=1S/C13H15N3O4/c17-10-4-1-8(2-5-10)15-12-6-3-9(16(19)20)7-11(12)14-13(15)18/h3,6-8,10,17H,1-2,4-5H2,(H,14,18)/t8-,10-. The Morgan fingerprint density at radius 3 is 2.65 bits per heavy atom. The number of fused-ring (bicyclic) bond motifs is 1. The van der Waals surface area contributed by atoms with Crippen molar-refractivity contribution in [3.8, 4) is 0 Å². The summed E-state index contributed by atoms with van der Waals surface area (Å²) >= 11 is 0. The average molecular weight is 277 g/mol. The quantitative estimate of drug-likeness (QED) is 0.644. The van der Waals surface area contributed by atoms with Gasteiger partial charge in [-0.3, -0.25) is 14.7 Å². The van der Waals surface area contributed by atoms with Crippen LogP contribution in [0, 0.1) is 10.1 Å². The fraction of sp³-hybridized carbons (Fsp3) is 0.462. The van der Waals surface area contributed by atoms with E-state index in [2.05, 4.69) is 4.98 Å². The van der Waals surface area contributed by atoms with Gasteiger partial charge in [0.1, 0.15) is 0 Å². The summed E-state index contributed by atoms with van der Waals surface area (Å²) in [4.78, 5) is 25.0. The van der Waals surface area contributed by atoms with Crippen LogP contribution in [0.4, 0.5) is 5.69 Å². The van der Waals surface area contributed by atoms with E-state index in [1.54, 1.807) is 10.6 Å². The van der Waals surface area contributed by atoms with Gasteiger partial charge in [0.2, 0.25) is 0 Å². The lowest BCUT2D eigenvalue weighted by atomic mass is 9.93. The van der Waals surface area contributed by atoms with Gasteiger partial charge in [-0.2, -0.15) is 0 Å². The molecule has 0 unspecified atom stereocenters. The number of hydrogen-bond acceptors (Lipinski definition) is 4. The fourth-order valence-electron chi connectivity index (χ4n) is 2.91. The summed E-state index contributed by atoms with van der Waals surface area (Å²) in [5.74, 6) is 0. The van der Waals surface area contributed by atoms with E-state index in [0.29, 0.717) is 23.9 Å². The summed E-state index contributed by atoms with van der Waals surface area (Å²) in [5, 5.41) is 20.3. The molecule has 7 nitrogen and oxygen atoms in total. The van der Waals surface area contributed by atoms with Crippen LogP contribution in [0.2, 0.25) is 0 Å². The Hall–Kier alpha value is -2.15. The van der Waals surface area contributed by atoms with Crippen molar-refractivity contribution in [1.82, 2.24) is 9.55 Å². The molecule has 2 N–H and O–H groups in total. The molecule has 1 fully saturated rings. The van der Waals surface area contributed by atoms with Crippen LogP contribution in [-0.4, -0.2) is 25.7 Å². The third-order valence-electron chi connectivity index (χ3n) is 3.94. The number of non-ortho nitro benzene ring substituents is 1. The van der Waals surface area contributed by atoms with Crippen LogP contribution in [0.15, 0.2) is 23.0 Å². The Morgan fingerprint density at radius 1 is 1.30 bits per heavy atom. The van der Waals surface area contributed by atoms with E-state index in [1.165, 1.54) is 12.1 Å². The lowest BCUT2D eigenvalue weighted by molar-refractivity contribution is -0.384. The highest BCUT2D eigenvalue weighted by Gasteiger charge is 2.24. The topological polar surface area (TPSA) is 101 Å². The van der Waals surface area contributed by atoms with Gasteiger partial charge in [0, 0.05) is 18.2 Å². The number of aliphatic hydroxyl groups is 1.